The van der Waals surface area contributed by atoms with Gasteiger partial charge in [0, 0.05) is 19.3 Å². The van der Waals surface area contributed by atoms with Crippen LogP contribution in [0.15, 0.2) is 54.7 Å². The van der Waals surface area contributed by atoms with Crippen molar-refractivity contribution < 1.29 is 23.9 Å². The van der Waals surface area contributed by atoms with Crippen molar-refractivity contribution in [3.8, 4) is 0 Å². The second kappa shape index (κ2) is 12.9. The Kier molecular flexibility index (Phi) is 9.67. The zero-order valence-corrected chi connectivity index (χ0v) is 21.2. The molecule has 0 aliphatic carbocycles. The molecular formula is C27H36N4O5. The van der Waals surface area contributed by atoms with Gasteiger partial charge >= 0.3 is 12.2 Å². The number of aromatic nitrogens is 1. The lowest BCUT2D eigenvalue weighted by Crippen LogP contribution is -2.47. The number of hydrogen-bond acceptors (Lipinski definition) is 6. The fraction of sp³-hybridized carbons (Fsp3) is 0.481. The van der Waals surface area contributed by atoms with Gasteiger partial charge in [0.2, 0.25) is 5.91 Å². The maximum Gasteiger partial charge on any atom is 0.410 e. The minimum absolute atomic E-state index is 0.158. The molecule has 0 bridgehead atoms. The van der Waals surface area contributed by atoms with Crippen LogP contribution in [0, 0.1) is 0 Å². The maximum atomic E-state index is 13.2. The van der Waals surface area contributed by atoms with Crippen LogP contribution in [0.25, 0.3) is 0 Å². The molecule has 1 unspecified atom stereocenters. The molecule has 0 radical (unpaired) electrons. The zero-order chi connectivity index (χ0) is 26.0. The molecule has 1 aromatic carbocycles. The molecule has 9 heteroatoms. The molecule has 9 nitrogen and oxygen atoms in total. The van der Waals surface area contributed by atoms with Gasteiger partial charge in [-0.3, -0.25) is 14.7 Å². The van der Waals surface area contributed by atoms with Gasteiger partial charge in [-0.15, -0.1) is 0 Å². The molecule has 0 saturated carbocycles. The van der Waals surface area contributed by atoms with Gasteiger partial charge in [0.1, 0.15) is 18.2 Å². The van der Waals surface area contributed by atoms with E-state index in [4.69, 9.17) is 9.47 Å². The monoisotopic (exact) mass is 496 g/mol. The van der Waals surface area contributed by atoms with Crippen LogP contribution in [0.2, 0.25) is 0 Å². The van der Waals surface area contributed by atoms with E-state index in [1.54, 1.807) is 6.20 Å². The third-order valence-electron chi connectivity index (χ3n) is 5.69. The highest BCUT2D eigenvalue weighted by Crippen LogP contribution is 2.22. The first-order chi connectivity index (χ1) is 17.2. The van der Waals surface area contributed by atoms with Crippen molar-refractivity contribution >= 4 is 18.1 Å². The van der Waals surface area contributed by atoms with E-state index >= 15 is 0 Å². The molecule has 1 aromatic heterocycles. The minimum Gasteiger partial charge on any atom is -0.445 e. The number of benzene rings is 1. The van der Waals surface area contributed by atoms with Crippen LogP contribution < -0.4 is 10.6 Å². The van der Waals surface area contributed by atoms with E-state index in [9.17, 15) is 14.4 Å². The van der Waals surface area contributed by atoms with Gasteiger partial charge in [0.15, 0.2) is 0 Å². The summed E-state index contributed by atoms with van der Waals surface area (Å²) in [7, 11) is 0. The quantitative estimate of drug-likeness (QED) is 0.500. The maximum absolute atomic E-state index is 13.2. The lowest BCUT2D eigenvalue weighted by Gasteiger charge is -2.26. The lowest BCUT2D eigenvalue weighted by molar-refractivity contribution is -0.126. The van der Waals surface area contributed by atoms with Crippen molar-refractivity contribution in [2.45, 2.75) is 70.7 Å². The van der Waals surface area contributed by atoms with Crippen LogP contribution in [-0.4, -0.2) is 52.7 Å². The Bertz CT molecular complexity index is 994. The summed E-state index contributed by atoms with van der Waals surface area (Å²) in [4.78, 5) is 43.8. The molecule has 0 spiro atoms. The van der Waals surface area contributed by atoms with E-state index in [1.807, 2.05) is 69.3 Å². The van der Waals surface area contributed by atoms with Crippen LogP contribution in [0.4, 0.5) is 9.59 Å². The molecule has 1 saturated heterocycles. The molecule has 1 aliphatic rings. The average Bonchev–Trinajstić information content (AvgIpc) is 3.35. The van der Waals surface area contributed by atoms with Gasteiger partial charge in [-0.05, 0) is 64.2 Å². The number of hydrogen-bond donors (Lipinski definition) is 2. The second-order valence-electron chi connectivity index (χ2n) is 9.78. The number of carbonyl (C=O) groups is 3. The normalized spacial score (nSPS) is 16.2. The molecule has 3 rings (SSSR count). The largest absolute Gasteiger partial charge is 0.445 e. The Balaban J connectivity index is 1.56. The number of carbonyl (C=O) groups excluding carboxylic acids is 3. The molecule has 36 heavy (non-hydrogen) atoms. The van der Waals surface area contributed by atoms with Crippen molar-refractivity contribution in [2.75, 3.05) is 13.1 Å². The number of alkyl carbamates (subject to hydrolysis) is 1. The van der Waals surface area contributed by atoms with E-state index in [2.05, 4.69) is 15.6 Å². The summed E-state index contributed by atoms with van der Waals surface area (Å²) < 4.78 is 10.7. The van der Waals surface area contributed by atoms with E-state index in [0.717, 1.165) is 17.7 Å². The second-order valence-corrected chi connectivity index (χ2v) is 9.78. The molecule has 2 N–H and O–H groups in total. The fourth-order valence-electron chi connectivity index (χ4n) is 4.01. The van der Waals surface area contributed by atoms with Gasteiger partial charge < -0.3 is 20.1 Å². The van der Waals surface area contributed by atoms with Crippen molar-refractivity contribution in [3.63, 3.8) is 0 Å². The average molecular weight is 497 g/mol. The number of pyridine rings is 1. The number of likely N-dealkylation sites (tertiary alicyclic amines) is 1. The highest BCUT2D eigenvalue weighted by molar-refractivity contribution is 5.86. The Morgan fingerprint density at radius 1 is 1.11 bits per heavy atom. The van der Waals surface area contributed by atoms with Crippen LogP contribution in [0.1, 0.15) is 63.8 Å². The van der Waals surface area contributed by atoms with Gasteiger partial charge in [0.05, 0.1) is 11.7 Å². The predicted octanol–water partition coefficient (Wildman–Crippen LogP) is 4.35. The first-order valence-electron chi connectivity index (χ1n) is 12.4. The van der Waals surface area contributed by atoms with E-state index in [-0.39, 0.29) is 18.6 Å². The Morgan fingerprint density at radius 3 is 2.56 bits per heavy atom. The predicted molar refractivity (Wildman–Crippen MR) is 135 cm³/mol. The molecule has 194 valence electrons. The fourth-order valence-corrected chi connectivity index (χ4v) is 4.01. The van der Waals surface area contributed by atoms with Gasteiger partial charge in [-0.1, -0.05) is 36.4 Å². The SMILES string of the molecule is CC(C)(C)OC(=O)NCCCC(NC(=O)[C@@H]1CCCN1C(=O)OCc1ccccc1)c1ccccn1. The summed E-state index contributed by atoms with van der Waals surface area (Å²) in [5.74, 6) is -0.236. The topological polar surface area (TPSA) is 110 Å². The van der Waals surface area contributed by atoms with Gasteiger partial charge in [0.25, 0.3) is 0 Å². The minimum atomic E-state index is -0.598. The summed E-state index contributed by atoms with van der Waals surface area (Å²) in [5, 5.41) is 5.81. The summed E-state index contributed by atoms with van der Waals surface area (Å²) in [6, 6.07) is 14.0. The van der Waals surface area contributed by atoms with E-state index < -0.39 is 23.8 Å². The van der Waals surface area contributed by atoms with Crippen LogP contribution in [-0.2, 0) is 20.9 Å². The third-order valence-corrected chi connectivity index (χ3v) is 5.69. The van der Waals surface area contributed by atoms with Crippen LogP contribution in [0.5, 0.6) is 0 Å². The van der Waals surface area contributed by atoms with Gasteiger partial charge in [-0.2, -0.15) is 0 Å². The van der Waals surface area contributed by atoms with E-state index in [0.29, 0.717) is 32.4 Å². The Morgan fingerprint density at radius 2 is 1.86 bits per heavy atom. The number of amides is 3. The highest BCUT2D eigenvalue weighted by atomic mass is 16.6. The van der Waals surface area contributed by atoms with E-state index in [1.165, 1.54) is 4.90 Å². The summed E-state index contributed by atoms with van der Waals surface area (Å²) in [6.45, 7) is 6.45. The van der Waals surface area contributed by atoms with Gasteiger partial charge in [-0.25, -0.2) is 9.59 Å². The molecule has 1 fully saturated rings. The van der Waals surface area contributed by atoms with Crippen LogP contribution in [0.3, 0.4) is 0 Å². The number of ether oxygens (including phenoxy) is 2. The summed E-state index contributed by atoms with van der Waals surface area (Å²) in [6.07, 6.45) is 3.17. The highest BCUT2D eigenvalue weighted by Gasteiger charge is 2.36. The van der Waals surface area contributed by atoms with Crippen LogP contribution >= 0.6 is 0 Å². The first-order valence-corrected chi connectivity index (χ1v) is 12.4. The van der Waals surface area contributed by atoms with Crippen molar-refractivity contribution in [1.82, 2.24) is 20.5 Å². The zero-order valence-electron chi connectivity index (χ0n) is 21.2. The Labute approximate surface area is 212 Å². The molecule has 2 aromatic rings. The smallest absolute Gasteiger partial charge is 0.410 e. The number of rotatable bonds is 9. The summed E-state index contributed by atoms with van der Waals surface area (Å²) >= 11 is 0. The van der Waals surface area contributed by atoms with Crippen molar-refractivity contribution in [2.24, 2.45) is 0 Å². The molecule has 2 heterocycles. The molecule has 3 amide bonds. The Hall–Kier alpha value is -3.62. The lowest BCUT2D eigenvalue weighted by atomic mass is 10.1. The first kappa shape index (κ1) is 27.0. The molecule has 1 aliphatic heterocycles. The van der Waals surface area contributed by atoms with Crippen molar-refractivity contribution in [3.05, 3.63) is 66.0 Å². The standard InChI is InChI=1S/C27H36N4O5/c1-27(2,3)36-25(33)29-17-9-14-22(21-13-7-8-16-28-21)30-24(32)23-15-10-18-31(23)26(34)35-19-20-11-5-4-6-12-20/h4-8,11-13,16,22-23H,9-10,14-15,17-19H2,1-3H3,(H,29,33)(H,30,32)/t22?,23-/m0/s1. The number of nitrogens with one attached hydrogen (secondary N) is 2. The molecular weight excluding hydrogens is 460 g/mol. The molecule has 2 atom stereocenters. The van der Waals surface area contributed by atoms with Crippen molar-refractivity contribution in [1.29, 1.82) is 0 Å². The number of nitrogens with zero attached hydrogens (tertiary/aromatic N) is 2. The third kappa shape index (κ3) is 8.55. The summed E-state index contributed by atoms with van der Waals surface area (Å²) in [5.41, 5.74) is 1.05.